The van der Waals surface area contributed by atoms with Crippen LogP contribution in [-0.2, 0) is 19.7 Å². The first-order chi connectivity index (χ1) is 18.7. The van der Waals surface area contributed by atoms with E-state index in [-0.39, 0.29) is 24.9 Å². The molecule has 3 heterocycles. The van der Waals surface area contributed by atoms with Crippen molar-refractivity contribution in [2.45, 2.75) is 49.9 Å². The number of hydrogen-bond donors (Lipinski definition) is 2. The molecule has 5 rings (SSSR count). The monoisotopic (exact) mass is 541 g/mol. The molecule has 3 fully saturated rings. The molecule has 3 aliphatic rings. The van der Waals surface area contributed by atoms with E-state index in [4.69, 9.17) is 4.74 Å². The highest BCUT2D eigenvalue weighted by atomic mass is 19.1. The van der Waals surface area contributed by atoms with Gasteiger partial charge in [0.25, 0.3) is 0 Å². The van der Waals surface area contributed by atoms with Gasteiger partial charge in [0, 0.05) is 25.1 Å². The lowest BCUT2D eigenvalue weighted by molar-refractivity contribution is -0.137. The first kappa shape index (κ1) is 27.0. The first-order valence-corrected chi connectivity index (χ1v) is 13.3. The summed E-state index contributed by atoms with van der Waals surface area (Å²) < 4.78 is 34.7. The number of carbonyl (C=O) groups is 3. The summed E-state index contributed by atoms with van der Waals surface area (Å²) in [4.78, 5) is 45.7. The molecule has 9 nitrogen and oxygen atoms in total. The Kier molecular flexibility index (Phi) is 7.79. The van der Waals surface area contributed by atoms with Crippen molar-refractivity contribution in [1.29, 1.82) is 0 Å². The van der Waals surface area contributed by atoms with Gasteiger partial charge in [-0.1, -0.05) is 43.3 Å². The number of pyridine rings is 1. The van der Waals surface area contributed by atoms with Crippen LogP contribution in [0, 0.1) is 5.95 Å². The molecule has 4 amide bonds. The number of aromatic nitrogens is 1. The summed E-state index contributed by atoms with van der Waals surface area (Å²) in [6.07, 6.45) is 0.235. The van der Waals surface area contributed by atoms with Crippen LogP contribution >= 0.6 is 0 Å². The van der Waals surface area contributed by atoms with Gasteiger partial charge in [-0.25, -0.2) is 14.2 Å². The van der Waals surface area contributed by atoms with Crippen LogP contribution in [0.3, 0.4) is 0 Å². The third-order valence-electron chi connectivity index (χ3n) is 7.80. The minimum atomic E-state index is -1.39. The Bertz CT molecular complexity index is 1220. The second-order valence-corrected chi connectivity index (χ2v) is 10.6. The number of alkyl halides is 1. The zero-order valence-corrected chi connectivity index (χ0v) is 21.9. The van der Waals surface area contributed by atoms with Gasteiger partial charge < -0.3 is 25.2 Å². The summed E-state index contributed by atoms with van der Waals surface area (Å²) in [6, 6.07) is 10.1. The Balaban J connectivity index is 1.30. The lowest BCUT2D eigenvalue weighted by atomic mass is 9.97. The number of nitrogens with zero attached hydrogens (tertiary/aromatic N) is 3. The van der Waals surface area contributed by atoms with Crippen LogP contribution in [-0.4, -0.2) is 84.2 Å². The molecule has 39 heavy (non-hydrogen) atoms. The largest absolute Gasteiger partial charge is 0.378 e. The maximum atomic E-state index is 15.0. The average molecular weight is 542 g/mol. The second kappa shape index (κ2) is 11.3. The molecule has 1 aromatic heterocycles. The second-order valence-electron chi connectivity index (χ2n) is 10.6. The number of rotatable bonds is 7. The van der Waals surface area contributed by atoms with E-state index in [1.54, 1.807) is 36.4 Å². The van der Waals surface area contributed by atoms with Crippen molar-refractivity contribution in [3.8, 4) is 0 Å². The smallest absolute Gasteiger partial charge is 0.317 e. The number of urea groups is 1. The fraction of sp³-hybridized carbons (Fsp3) is 0.500. The molecule has 3 atom stereocenters. The SMILES string of the molecule is CC1(c2ccc([C@@H](NC(=O)[C@@H]3C[C@@H](F)CN3C(=O)CNC(=O)N3CCOCC3)c3ccccc3)nc2F)CC1. The van der Waals surface area contributed by atoms with Gasteiger partial charge in [-0.05, 0) is 29.9 Å². The summed E-state index contributed by atoms with van der Waals surface area (Å²) in [7, 11) is 0. The molecule has 2 aliphatic heterocycles. The van der Waals surface area contributed by atoms with Crippen molar-refractivity contribution in [1.82, 2.24) is 25.4 Å². The van der Waals surface area contributed by atoms with Crippen molar-refractivity contribution in [3.05, 3.63) is 65.2 Å². The van der Waals surface area contributed by atoms with Crippen LogP contribution < -0.4 is 10.6 Å². The quantitative estimate of drug-likeness (QED) is 0.525. The van der Waals surface area contributed by atoms with Gasteiger partial charge in [0.1, 0.15) is 12.2 Å². The number of hydrogen-bond acceptors (Lipinski definition) is 5. The summed E-state index contributed by atoms with van der Waals surface area (Å²) in [5.74, 6) is -1.70. The zero-order valence-electron chi connectivity index (χ0n) is 21.9. The summed E-state index contributed by atoms with van der Waals surface area (Å²) in [5, 5.41) is 5.44. The number of ether oxygens (including phenoxy) is 1. The van der Waals surface area contributed by atoms with E-state index in [0.29, 0.717) is 43.1 Å². The maximum absolute atomic E-state index is 15.0. The number of benzene rings is 1. The van der Waals surface area contributed by atoms with Crippen LogP contribution in [0.2, 0.25) is 0 Å². The number of nitrogens with one attached hydrogen (secondary N) is 2. The van der Waals surface area contributed by atoms with Gasteiger partial charge in [-0.3, -0.25) is 9.59 Å². The van der Waals surface area contributed by atoms with E-state index in [2.05, 4.69) is 15.6 Å². The van der Waals surface area contributed by atoms with E-state index in [1.165, 1.54) is 4.90 Å². The molecule has 0 bridgehead atoms. The molecule has 1 aliphatic carbocycles. The van der Waals surface area contributed by atoms with Crippen LogP contribution in [0.4, 0.5) is 13.6 Å². The van der Waals surface area contributed by atoms with E-state index < -0.39 is 42.0 Å². The van der Waals surface area contributed by atoms with Crippen molar-refractivity contribution in [3.63, 3.8) is 0 Å². The number of carbonyl (C=O) groups excluding carboxylic acids is 3. The Morgan fingerprint density at radius 2 is 1.85 bits per heavy atom. The lowest BCUT2D eigenvalue weighted by Crippen LogP contribution is -2.52. The molecule has 2 N–H and O–H groups in total. The van der Waals surface area contributed by atoms with Gasteiger partial charge in [-0.2, -0.15) is 4.39 Å². The third kappa shape index (κ3) is 6.03. The van der Waals surface area contributed by atoms with Crippen LogP contribution in [0.1, 0.15) is 49.0 Å². The molecule has 2 aromatic rings. The molecule has 1 saturated carbocycles. The molecule has 2 saturated heterocycles. The van der Waals surface area contributed by atoms with Gasteiger partial charge in [0.15, 0.2) is 0 Å². The van der Waals surface area contributed by atoms with Gasteiger partial charge in [0.2, 0.25) is 17.8 Å². The Morgan fingerprint density at radius 1 is 1.13 bits per heavy atom. The predicted molar refractivity (Wildman–Crippen MR) is 138 cm³/mol. The zero-order chi connectivity index (χ0) is 27.6. The Hall–Kier alpha value is -3.60. The fourth-order valence-corrected chi connectivity index (χ4v) is 5.17. The first-order valence-electron chi connectivity index (χ1n) is 13.3. The lowest BCUT2D eigenvalue weighted by Gasteiger charge is -2.28. The molecular weight excluding hydrogens is 508 g/mol. The highest BCUT2D eigenvalue weighted by Crippen LogP contribution is 2.48. The molecule has 11 heteroatoms. The summed E-state index contributed by atoms with van der Waals surface area (Å²) in [6.45, 7) is 3.05. The standard InChI is InChI=1S/C28H33F2N5O4/c1-28(9-10-28)20-7-8-21(32-25(20)30)24(18-5-3-2-4-6-18)33-26(37)22-15-19(29)17-35(22)23(36)16-31-27(38)34-11-13-39-14-12-34/h2-8,19,22,24H,9-17H2,1H3,(H,31,38)(H,33,37)/t19-,22+,24+/m1/s1. The number of likely N-dealkylation sites (tertiary alicyclic amines) is 1. The predicted octanol–water partition coefficient (Wildman–Crippen LogP) is 2.46. The number of amides is 4. The Morgan fingerprint density at radius 3 is 2.51 bits per heavy atom. The molecular formula is C28H33F2N5O4. The summed E-state index contributed by atoms with van der Waals surface area (Å²) >= 11 is 0. The van der Waals surface area contributed by atoms with Gasteiger partial charge >= 0.3 is 6.03 Å². The van der Waals surface area contributed by atoms with Crippen molar-refractivity contribution >= 4 is 17.8 Å². The van der Waals surface area contributed by atoms with Crippen molar-refractivity contribution < 1.29 is 27.9 Å². The molecule has 0 unspecified atom stereocenters. The Labute approximate surface area is 225 Å². The van der Waals surface area contributed by atoms with Gasteiger partial charge in [0.05, 0.1) is 38.0 Å². The highest BCUT2D eigenvalue weighted by Gasteiger charge is 2.43. The average Bonchev–Trinajstić information content (AvgIpc) is 3.57. The number of halogens is 2. The molecule has 208 valence electrons. The topological polar surface area (TPSA) is 104 Å². The van der Waals surface area contributed by atoms with Crippen LogP contribution in [0.5, 0.6) is 0 Å². The van der Waals surface area contributed by atoms with E-state index in [0.717, 1.165) is 17.7 Å². The number of morpholine rings is 1. The fourth-order valence-electron chi connectivity index (χ4n) is 5.17. The van der Waals surface area contributed by atoms with Crippen LogP contribution in [0.25, 0.3) is 0 Å². The highest BCUT2D eigenvalue weighted by molar-refractivity contribution is 5.91. The van der Waals surface area contributed by atoms with Crippen molar-refractivity contribution in [2.24, 2.45) is 0 Å². The minimum Gasteiger partial charge on any atom is -0.378 e. The molecule has 0 spiro atoms. The van der Waals surface area contributed by atoms with Crippen LogP contribution in [0.15, 0.2) is 42.5 Å². The summed E-state index contributed by atoms with van der Waals surface area (Å²) in [5.41, 5.74) is 1.33. The molecule has 0 radical (unpaired) electrons. The minimum absolute atomic E-state index is 0.171. The van der Waals surface area contributed by atoms with Crippen molar-refractivity contribution in [2.75, 3.05) is 39.4 Å². The van der Waals surface area contributed by atoms with E-state index in [9.17, 15) is 18.8 Å². The molecule has 1 aromatic carbocycles. The van der Waals surface area contributed by atoms with E-state index in [1.807, 2.05) is 13.0 Å². The maximum Gasteiger partial charge on any atom is 0.317 e. The normalized spacial score (nSPS) is 22.7. The third-order valence-corrected chi connectivity index (χ3v) is 7.80. The van der Waals surface area contributed by atoms with E-state index >= 15 is 4.39 Å². The van der Waals surface area contributed by atoms with Gasteiger partial charge in [-0.15, -0.1) is 0 Å².